The smallest absolute Gasteiger partial charge is 0.180 e. The third-order valence-electron chi connectivity index (χ3n) is 3.52. The number of ether oxygens (including phenoxy) is 2. The van der Waals surface area contributed by atoms with E-state index in [1.807, 2.05) is 17.8 Å². The standard InChI is InChI=1S/C15H20O3S2/c1-9-10(2)20-14(8-19-9)15(16)12-6-5-11(17-3)7-13(12)18-4/h5-7,9-10,14H,8H2,1-4H3. The summed E-state index contributed by atoms with van der Waals surface area (Å²) in [5, 5.41) is 1.10. The highest BCUT2D eigenvalue weighted by atomic mass is 32.2. The quantitative estimate of drug-likeness (QED) is 0.795. The van der Waals surface area contributed by atoms with E-state index in [0.717, 1.165) is 5.75 Å². The first-order chi connectivity index (χ1) is 9.56. The molecule has 1 aliphatic heterocycles. The molecule has 1 fully saturated rings. The zero-order valence-electron chi connectivity index (χ0n) is 12.2. The first kappa shape index (κ1) is 15.6. The normalized spacial score (nSPS) is 26.1. The molecule has 0 radical (unpaired) electrons. The van der Waals surface area contributed by atoms with Crippen molar-refractivity contribution in [1.82, 2.24) is 0 Å². The van der Waals surface area contributed by atoms with Crippen molar-refractivity contribution < 1.29 is 14.3 Å². The second-order valence-corrected chi connectivity index (χ2v) is 7.79. The molecule has 2 rings (SSSR count). The van der Waals surface area contributed by atoms with E-state index in [9.17, 15) is 4.79 Å². The Morgan fingerprint density at radius 1 is 1.20 bits per heavy atom. The van der Waals surface area contributed by atoms with E-state index in [0.29, 0.717) is 27.6 Å². The summed E-state index contributed by atoms with van der Waals surface area (Å²) in [4.78, 5) is 12.7. The van der Waals surface area contributed by atoms with E-state index in [1.54, 1.807) is 38.1 Å². The Kier molecular flexibility index (Phi) is 5.27. The molecule has 3 nitrogen and oxygen atoms in total. The van der Waals surface area contributed by atoms with Gasteiger partial charge in [0.15, 0.2) is 5.78 Å². The van der Waals surface area contributed by atoms with E-state index in [-0.39, 0.29) is 11.0 Å². The van der Waals surface area contributed by atoms with Gasteiger partial charge >= 0.3 is 0 Å². The van der Waals surface area contributed by atoms with Gasteiger partial charge in [-0.3, -0.25) is 4.79 Å². The van der Waals surface area contributed by atoms with Gasteiger partial charge in [-0.15, -0.1) is 11.8 Å². The summed E-state index contributed by atoms with van der Waals surface area (Å²) >= 11 is 3.64. The van der Waals surface area contributed by atoms with E-state index >= 15 is 0 Å². The lowest BCUT2D eigenvalue weighted by Gasteiger charge is -2.30. The number of ketones is 1. The first-order valence-electron chi connectivity index (χ1n) is 6.60. The van der Waals surface area contributed by atoms with Crippen molar-refractivity contribution in [2.75, 3.05) is 20.0 Å². The average molecular weight is 312 g/mol. The van der Waals surface area contributed by atoms with Gasteiger partial charge in [-0.2, -0.15) is 11.8 Å². The zero-order valence-corrected chi connectivity index (χ0v) is 13.8. The van der Waals surface area contributed by atoms with Crippen molar-refractivity contribution in [1.29, 1.82) is 0 Å². The summed E-state index contributed by atoms with van der Waals surface area (Å²) in [5.74, 6) is 2.31. The van der Waals surface area contributed by atoms with Crippen molar-refractivity contribution in [3.8, 4) is 11.5 Å². The van der Waals surface area contributed by atoms with Crippen molar-refractivity contribution in [3.05, 3.63) is 23.8 Å². The molecule has 5 heteroatoms. The van der Waals surface area contributed by atoms with Crippen LogP contribution in [0.15, 0.2) is 18.2 Å². The summed E-state index contributed by atoms with van der Waals surface area (Å²) in [6, 6.07) is 5.37. The highest BCUT2D eigenvalue weighted by Crippen LogP contribution is 2.38. The number of thioether (sulfide) groups is 2. The molecule has 3 atom stereocenters. The van der Waals surface area contributed by atoms with Crippen LogP contribution in [0.25, 0.3) is 0 Å². The zero-order chi connectivity index (χ0) is 14.7. The van der Waals surface area contributed by atoms with Crippen LogP contribution in [0.1, 0.15) is 24.2 Å². The molecule has 1 aromatic carbocycles. The minimum atomic E-state index is 0.00787. The van der Waals surface area contributed by atoms with Crippen LogP contribution in [0, 0.1) is 0 Å². The number of Topliss-reactive ketones (excluding diaryl/α,β-unsaturated/α-hetero) is 1. The lowest BCUT2D eigenvalue weighted by Crippen LogP contribution is -2.31. The predicted molar refractivity (Wildman–Crippen MR) is 86.6 cm³/mol. The lowest BCUT2D eigenvalue weighted by molar-refractivity contribution is 0.0992. The van der Waals surface area contributed by atoms with Gasteiger partial charge < -0.3 is 9.47 Å². The molecule has 1 saturated heterocycles. The average Bonchev–Trinajstić information content (AvgIpc) is 2.48. The molecule has 0 aliphatic carbocycles. The van der Waals surface area contributed by atoms with Crippen LogP contribution in [-0.4, -0.2) is 41.5 Å². The molecule has 1 aliphatic rings. The van der Waals surface area contributed by atoms with Gasteiger partial charge in [0, 0.05) is 22.3 Å². The monoisotopic (exact) mass is 312 g/mol. The van der Waals surface area contributed by atoms with Gasteiger partial charge in [0.1, 0.15) is 11.5 Å². The molecule has 0 saturated carbocycles. The maximum Gasteiger partial charge on any atom is 0.180 e. The number of hydrogen-bond donors (Lipinski definition) is 0. The maximum atomic E-state index is 12.7. The van der Waals surface area contributed by atoms with E-state index < -0.39 is 0 Å². The summed E-state index contributed by atoms with van der Waals surface area (Å²) in [5.41, 5.74) is 0.646. The van der Waals surface area contributed by atoms with Gasteiger partial charge in [0.2, 0.25) is 0 Å². The topological polar surface area (TPSA) is 35.5 Å². The van der Waals surface area contributed by atoms with Crippen molar-refractivity contribution in [2.45, 2.75) is 29.6 Å². The van der Waals surface area contributed by atoms with Crippen LogP contribution in [0.5, 0.6) is 11.5 Å². The molecule has 0 spiro atoms. The molecule has 1 aromatic rings. The third-order valence-corrected chi connectivity index (χ3v) is 6.91. The second kappa shape index (κ2) is 6.76. The van der Waals surface area contributed by atoms with Gasteiger partial charge in [-0.25, -0.2) is 0 Å². The van der Waals surface area contributed by atoms with Crippen LogP contribution >= 0.6 is 23.5 Å². The summed E-state index contributed by atoms with van der Waals surface area (Å²) in [6.45, 7) is 4.41. The predicted octanol–water partition coefficient (Wildman–Crippen LogP) is 3.51. The minimum Gasteiger partial charge on any atom is -0.497 e. The van der Waals surface area contributed by atoms with Crippen LogP contribution in [0.2, 0.25) is 0 Å². The van der Waals surface area contributed by atoms with E-state index in [2.05, 4.69) is 13.8 Å². The first-order valence-corrected chi connectivity index (χ1v) is 8.59. The van der Waals surface area contributed by atoms with Crippen LogP contribution in [0.3, 0.4) is 0 Å². The molecule has 0 bridgehead atoms. The van der Waals surface area contributed by atoms with Crippen LogP contribution < -0.4 is 9.47 Å². The highest BCUT2D eigenvalue weighted by Gasteiger charge is 2.32. The Labute approximate surface area is 128 Å². The Balaban J connectivity index is 2.20. The van der Waals surface area contributed by atoms with Gasteiger partial charge in [0.25, 0.3) is 0 Å². The highest BCUT2D eigenvalue weighted by molar-refractivity contribution is 8.08. The van der Waals surface area contributed by atoms with Gasteiger partial charge in [0.05, 0.1) is 25.0 Å². The Hall–Kier alpha value is -0.810. The number of rotatable bonds is 4. The molecule has 20 heavy (non-hydrogen) atoms. The van der Waals surface area contributed by atoms with Gasteiger partial charge in [-0.1, -0.05) is 13.8 Å². The number of methoxy groups -OCH3 is 2. The van der Waals surface area contributed by atoms with E-state index in [4.69, 9.17) is 9.47 Å². The van der Waals surface area contributed by atoms with Crippen molar-refractivity contribution >= 4 is 29.3 Å². The fourth-order valence-electron chi connectivity index (χ4n) is 2.10. The van der Waals surface area contributed by atoms with Crippen LogP contribution in [0.4, 0.5) is 0 Å². The summed E-state index contributed by atoms with van der Waals surface area (Å²) in [6.07, 6.45) is 0. The SMILES string of the molecule is COc1ccc(C(=O)C2CSC(C)C(C)S2)c(OC)c1. The Morgan fingerprint density at radius 2 is 1.95 bits per heavy atom. The van der Waals surface area contributed by atoms with Gasteiger partial charge in [-0.05, 0) is 12.1 Å². The molecular weight excluding hydrogens is 292 g/mol. The minimum absolute atomic E-state index is 0.00787. The second-order valence-electron chi connectivity index (χ2n) is 4.80. The molecule has 1 heterocycles. The summed E-state index contributed by atoms with van der Waals surface area (Å²) < 4.78 is 10.5. The number of hydrogen-bond acceptors (Lipinski definition) is 5. The molecule has 0 N–H and O–H groups in total. The fourth-order valence-corrected chi connectivity index (χ4v) is 4.97. The largest absolute Gasteiger partial charge is 0.497 e. The molecular formula is C15H20O3S2. The number of carbonyl (C=O) groups excluding carboxylic acids is 1. The molecule has 110 valence electrons. The van der Waals surface area contributed by atoms with Crippen molar-refractivity contribution in [2.24, 2.45) is 0 Å². The van der Waals surface area contributed by atoms with E-state index in [1.165, 1.54) is 0 Å². The fraction of sp³-hybridized carbons (Fsp3) is 0.533. The van der Waals surface area contributed by atoms with Crippen LogP contribution in [-0.2, 0) is 0 Å². The summed E-state index contributed by atoms with van der Waals surface area (Å²) in [7, 11) is 3.19. The number of benzene rings is 1. The molecule has 0 amide bonds. The lowest BCUT2D eigenvalue weighted by atomic mass is 10.1. The van der Waals surface area contributed by atoms with Crippen molar-refractivity contribution in [3.63, 3.8) is 0 Å². The number of carbonyl (C=O) groups is 1. The maximum absolute atomic E-state index is 12.7. The molecule has 0 aromatic heterocycles. The Bertz CT molecular complexity index is 490. The Morgan fingerprint density at radius 3 is 2.55 bits per heavy atom. The molecule has 3 unspecified atom stereocenters. The third kappa shape index (κ3) is 3.26.